The van der Waals surface area contributed by atoms with E-state index in [4.69, 9.17) is 4.42 Å². The second kappa shape index (κ2) is 7.15. The van der Waals surface area contributed by atoms with Gasteiger partial charge in [-0.05, 0) is 24.3 Å². The summed E-state index contributed by atoms with van der Waals surface area (Å²) in [6, 6.07) is 9.96. The molecule has 1 fully saturated rings. The summed E-state index contributed by atoms with van der Waals surface area (Å²) in [5.41, 5.74) is 0.625. The number of halogens is 1. The maximum absolute atomic E-state index is 13.9. The molecule has 136 valence electrons. The first-order chi connectivity index (χ1) is 11.9. The van der Waals surface area contributed by atoms with Crippen LogP contribution in [0.1, 0.15) is 5.76 Å². The van der Waals surface area contributed by atoms with Crippen molar-refractivity contribution in [3.8, 4) is 0 Å². The minimum Gasteiger partial charge on any atom is -0.447 e. The van der Waals surface area contributed by atoms with Crippen LogP contribution in [0, 0.1) is 5.82 Å². The Kier molecular flexibility index (Phi) is 5.12. The van der Waals surface area contributed by atoms with Crippen LogP contribution in [0.25, 0.3) is 0 Å². The molecule has 1 saturated heterocycles. The molecule has 0 bridgehead atoms. The largest absolute Gasteiger partial charge is 0.447 e. The molecule has 6 nitrogen and oxygen atoms in total. The van der Waals surface area contributed by atoms with Crippen molar-refractivity contribution in [2.45, 2.75) is 11.6 Å². The van der Waals surface area contributed by atoms with E-state index in [0.717, 1.165) is 17.4 Å². The van der Waals surface area contributed by atoms with Crippen LogP contribution in [-0.4, -0.2) is 57.9 Å². The van der Waals surface area contributed by atoms with E-state index in [2.05, 4.69) is 4.90 Å². The Labute approximate surface area is 147 Å². The van der Waals surface area contributed by atoms with E-state index in [0.29, 0.717) is 31.1 Å². The standard InChI is InChI=1S/C17H22FN3O3S/c1-19(2)25(22,23)17-8-7-14(24-17)13-20-9-11-21(12-10-20)16-6-4-3-5-15(16)18/h3-8H,9-13H2,1-2H3. The van der Waals surface area contributed by atoms with Gasteiger partial charge in [-0.25, -0.2) is 17.1 Å². The fourth-order valence-corrected chi connectivity index (χ4v) is 3.65. The normalized spacial score (nSPS) is 16.6. The van der Waals surface area contributed by atoms with E-state index in [1.807, 2.05) is 11.0 Å². The Balaban J connectivity index is 1.60. The van der Waals surface area contributed by atoms with Crippen LogP contribution < -0.4 is 4.90 Å². The highest BCUT2D eigenvalue weighted by atomic mass is 32.2. The summed E-state index contributed by atoms with van der Waals surface area (Å²) in [5.74, 6) is 0.403. The molecule has 0 aliphatic carbocycles. The maximum atomic E-state index is 13.9. The molecule has 1 aromatic carbocycles. The minimum atomic E-state index is -3.55. The lowest BCUT2D eigenvalue weighted by Gasteiger charge is -2.35. The number of piperazine rings is 1. The fraction of sp³-hybridized carbons (Fsp3) is 0.412. The first-order valence-corrected chi connectivity index (χ1v) is 9.55. The van der Waals surface area contributed by atoms with Crippen LogP contribution in [0.15, 0.2) is 45.9 Å². The third-order valence-corrected chi connectivity index (χ3v) is 6.01. The van der Waals surface area contributed by atoms with Gasteiger partial charge in [0.2, 0.25) is 5.09 Å². The molecule has 1 aliphatic rings. The summed E-state index contributed by atoms with van der Waals surface area (Å²) >= 11 is 0. The Morgan fingerprint density at radius 2 is 1.76 bits per heavy atom. The lowest BCUT2D eigenvalue weighted by molar-refractivity contribution is 0.223. The van der Waals surface area contributed by atoms with Gasteiger partial charge in [0.05, 0.1) is 12.2 Å². The van der Waals surface area contributed by atoms with Crippen LogP contribution in [0.5, 0.6) is 0 Å². The Bertz CT molecular complexity index is 827. The van der Waals surface area contributed by atoms with Crippen molar-refractivity contribution < 1.29 is 17.2 Å². The summed E-state index contributed by atoms with van der Waals surface area (Å²) in [5, 5.41) is -0.0440. The zero-order valence-corrected chi connectivity index (χ0v) is 15.2. The van der Waals surface area contributed by atoms with Crippen molar-refractivity contribution in [3.63, 3.8) is 0 Å². The van der Waals surface area contributed by atoms with Crippen molar-refractivity contribution in [1.29, 1.82) is 0 Å². The molecular weight excluding hydrogens is 345 g/mol. The molecule has 0 N–H and O–H groups in total. The monoisotopic (exact) mass is 367 g/mol. The summed E-state index contributed by atoms with van der Waals surface area (Å²) in [6.07, 6.45) is 0. The molecule has 0 amide bonds. The van der Waals surface area contributed by atoms with Gasteiger partial charge in [0.1, 0.15) is 11.6 Å². The number of benzene rings is 1. The number of hydrogen-bond acceptors (Lipinski definition) is 5. The van der Waals surface area contributed by atoms with Crippen molar-refractivity contribution in [2.75, 3.05) is 45.2 Å². The number of rotatable bonds is 5. The number of anilines is 1. The van der Waals surface area contributed by atoms with Crippen LogP contribution >= 0.6 is 0 Å². The average molecular weight is 367 g/mol. The molecule has 0 atom stereocenters. The number of furan rings is 1. The van der Waals surface area contributed by atoms with Gasteiger partial charge >= 0.3 is 0 Å². The molecule has 1 aromatic heterocycles. The summed E-state index contributed by atoms with van der Waals surface area (Å²) in [7, 11) is -0.605. The SMILES string of the molecule is CN(C)S(=O)(=O)c1ccc(CN2CCN(c3ccccc3F)CC2)o1. The molecule has 8 heteroatoms. The van der Waals surface area contributed by atoms with Gasteiger partial charge in [0.15, 0.2) is 0 Å². The number of nitrogens with zero attached hydrogens (tertiary/aromatic N) is 3. The number of hydrogen-bond donors (Lipinski definition) is 0. The van der Waals surface area contributed by atoms with Gasteiger partial charge in [-0.1, -0.05) is 12.1 Å². The second-order valence-electron chi connectivity index (χ2n) is 6.22. The van der Waals surface area contributed by atoms with E-state index >= 15 is 0 Å². The van der Waals surface area contributed by atoms with E-state index in [9.17, 15) is 12.8 Å². The van der Waals surface area contributed by atoms with Gasteiger partial charge < -0.3 is 9.32 Å². The average Bonchev–Trinajstić information content (AvgIpc) is 3.05. The van der Waals surface area contributed by atoms with Crippen LogP contribution in [0.3, 0.4) is 0 Å². The molecule has 0 spiro atoms. The molecule has 25 heavy (non-hydrogen) atoms. The topological polar surface area (TPSA) is 57.0 Å². The zero-order chi connectivity index (χ0) is 18.0. The molecular formula is C17H22FN3O3S. The van der Waals surface area contributed by atoms with Gasteiger partial charge in [-0.3, -0.25) is 4.90 Å². The Hall–Kier alpha value is -1.90. The highest BCUT2D eigenvalue weighted by Crippen LogP contribution is 2.22. The van der Waals surface area contributed by atoms with Gasteiger partial charge in [-0.2, -0.15) is 0 Å². The van der Waals surface area contributed by atoms with E-state index in [1.54, 1.807) is 18.2 Å². The zero-order valence-electron chi connectivity index (χ0n) is 14.4. The fourth-order valence-electron chi connectivity index (χ4n) is 2.84. The maximum Gasteiger partial charge on any atom is 0.275 e. The third kappa shape index (κ3) is 3.86. The predicted molar refractivity (Wildman–Crippen MR) is 93.5 cm³/mol. The number of para-hydroxylation sites is 1. The molecule has 0 radical (unpaired) electrons. The highest BCUT2D eigenvalue weighted by Gasteiger charge is 2.23. The highest BCUT2D eigenvalue weighted by molar-refractivity contribution is 7.88. The predicted octanol–water partition coefficient (Wildman–Crippen LogP) is 1.99. The molecule has 1 aliphatic heterocycles. The molecule has 2 heterocycles. The summed E-state index contributed by atoms with van der Waals surface area (Å²) in [6.45, 7) is 3.47. The van der Waals surface area contributed by atoms with Crippen LogP contribution in [-0.2, 0) is 16.6 Å². The van der Waals surface area contributed by atoms with Gasteiger partial charge in [0.25, 0.3) is 10.0 Å². The quantitative estimate of drug-likeness (QED) is 0.809. The molecule has 3 rings (SSSR count). The van der Waals surface area contributed by atoms with Crippen LogP contribution in [0.4, 0.5) is 10.1 Å². The lowest BCUT2D eigenvalue weighted by Crippen LogP contribution is -2.46. The molecule has 2 aromatic rings. The summed E-state index contributed by atoms with van der Waals surface area (Å²) in [4.78, 5) is 4.19. The first-order valence-electron chi connectivity index (χ1n) is 8.11. The lowest BCUT2D eigenvalue weighted by atomic mass is 10.2. The van der Waals surface area contributed by atoms with E-state index in [-0.39, 0.29) is 10.9 Å². The van der Waals surface area contributed by atoms with Crippen molar-refractivity contribution >= 4 is 15.7 Å². The van der Waals surface area contributed by atoms with Crippen molar-refractivity contribution in [2.24, 2.45) is 0 Å². The van der Waals surface area contributed by atoms with Gasteiger partial charge in [0, 0.05) is 40.3 Å². The smallest absolute Gasteiger partial charge is 0.275 e. The molecule has 0 unspecified atom stereocenters. The number of sulfonamides is 1. The Morgan fingerprint density at radius 1 is 1.08 bits per heavy atom. The molecule has 0 saturated carbocycles. The van der Waals surface area contributed by atoms with Crippen molar-refractivity contribution in [1.82, 2.24) is 9.21 Å². The summed E-state index contributed by atoms with van der Waals surface area (Å²) < 4.78 is 44.6. The van der Waals surface area contributed by atoms with E-state index < -0.39 is 10.0 Å². The van der Waals surface area contributed by atoms with Crippen molar-refractivity contribution in [3.05, 3.63) is 48.0 Å². The minimum absolute atomic E-state index is 0.0440. The first kappa shape index (κ1) is 17.9. The third-order valence-electron chi connectivity index (χ3n) is 4.32. The van der Waals surface area contributed by atoms with Gasteiger partial charge in [-0.15, -0.1) is 0 Å². The van der Waals surface area contributed by atoms with E-state index in [1.165, 1.54) is 26.2 Å². The second-order valence-corrected chi connectivity index (χ2v) is 8.31. The van der Waals surface area contributed by atoms with Crippen LogP contribution in [0.2, 0.25) is 0 Å². The Morgan fingerprint density at radius 3 is 2.40 bits per heavy atom.